The fourth-order valence-corrected chi connectivity index (χ4v) is 3.57. The number of anilines is 1. The molecule has 1 aromatic carbocycles. The van der Waals surface area contributed by atoms with E-state index in [1.165, 1.54) is 0 Å². The minimum atomic E-state index is -0.318. The van der Waals surface area contributed by atoms with Crippen LogP contribution in [0.4, 0.5) is 5.69 Å². The van der Waals surface area contributed by atoms with Crippen molar-refractivity contribution >= 4 is 17.3 Å². The van der Waals surface area contributed by atoms with Crippen LogP contribution in [-0.2, 0) is 6.42 Å². The number of carbonyl (C=O) groups excluding carboxylic acids is 1. The maximum atomic E-state index is 12.8. The normalized spacial score (nSPS) is 16.6. The lowest BCUT2D eigenvalue weighted by Crippen LogP contribution is -2.27. The van der Waals surface area contributed by atoms with Crippen molar-refractivity contribution in [2.45, 2.75) is 53.4 Å². The summed E-state index contributed by atoms with van der Waals surface area (Å²) in [6, 6.07) is 7.29. The summed E-state index contributed by atoms with van der Waals surface area (Å²) in [5, 5.41) is 15.7. The number of nitrogens with one attached hydrogen (secondary N) is 1. The number of furan rings is 1. The van der Waals surface area contributed by atoms with Crippen LogP contribution < -0.4 is 10.1 Å². The van der Waals surface area contributed by atoms with Gasteiger partial charge in [0.2, 0.25) is 0 Å². The molecule has 1 heterocycles. The third kappa shape index (κ3) is 4.21. The molecule has 2 aromatic rings. The van der Waals surface area contributed by atoms with E-state index in [-0.39, 0.29) is 17.1 Å². The lowest BCUT2D eigenvalue weighted by atomic mass is 9.75. The zero-order chi connectivity index (χ0) is 20.3. The molecule has 3 rings (SSSR count). The average molecular weight is 384 g/mol. The van der Waals surface area contributed by atoms with E-state index in [4.69, 9.17) is 9.15 Å². The van der Waals surface area contributed by atoms with Gasteiger partial charge in [0.25, 0.3) is 5.91 Å². The molecule has 0 fully saturated rings. The number of amides is 1. The highest BCUT2D eigenvalue weighted by Gasteiger charge is 2.36. The molecule has 0 saturated carbocycles. The lowest BCUT2D eigenvalue weighted by Gasteiger charge is -2.28. The van der Waals surface area contributed by atoms with Gasteiger partial charge < -0.3 is 19.7 Å². The fraction of sp³-hybridized carbons (Fsp3) is 0.455. The van der Waals surface area contributed by atoms with E-state index in [0.29, 0.717) is 42.2 Å². The van der Waals surface area contributed by atoms with E-state index in [0.717, 1.165) is 24.2 Å². The molecule has 0 bridgehead atoms. The number of ether oxygens (including phenoxy) is 1. The van der Waals surface area contributed by atoms with Crippen LogP contribution >= 0.6 is 0 Å². The van der Waals surface area contributed by atoms with Gasteiger partial charge in [-0.25, -0.2) is 0 Å². The predicted octanol–water partition coefficient (Wildman–Crippen LogP) is 5.17. The van der Waals surface area contributed by atoms with Gasteiger partial charge in [-0.1, -0.05) is 32.3 Å². The van der Waals surface area contributed by atoms with Crippen LogP contribution in [0.3, 0.4) is 0 Å². The molecule has 28 heavy (non-hydrogen) atoms. The molecule has 6 nitrogen and oxygen atoms in total. The Morgan fingerprint density at radius 1 is 1.29 bits per heavy atom. The molecule has 1 aliphatic carbocycles. The molecule has 0 unspecified atom stereocenters. The van der Waals surface area contributed by atoms with E-state index in [2.05, 4.69) is 31.2 Å². The minimum absolute atomic E-state index is 0.0831. The van der Waals surface area contributed by atoms with E-state index in [1.54, 1.807) is 12.1 Å². The molecule has 1 aromatic heterocycles. The van der Waals surface area contributed by atoms with Crippen molar-refractivity contribution in [1.29, 1.82) is 0 Å². The first-order chi connectivity index (χ1) is 13.3. The minimum Gasteiger partial charge on any atom is -0.494 e. The highest BCUT2D eigenvalue weighted by molar-refractivity contribution is 6.09. The Balaban J connectivity index is 1.76. The van der Waals surface area contributed by atoms with Crippen molar-refractivity contribution in [3.63, 3.8) is 0 Å². The van der Waals surface area contributed by atoms with Gasteiger partial charge in [-0.15, -0.1) is 0 Å². The van der Waals surface area contributed by atoms with Gasteiger partial charge in [0.05, 0.1) is 12.3 Å². The number of fused-ring (bicyclic) bond motifs is 1. The van der Waals surface area contributed by atoms with E-state index >= 15 is 0 Å². The Morgan fingerprint density at radius 3 is 2.64 bits per heavy atom. The second-order valence-corrected chi connectivity index (χ2v) is 8.10. The smallest absolute Gasteiger partial charge is 0.291 e. The number of carbonyl (C=O) groups is 1. The van der Waals surface area contributed by atoms with Gasteiger partial charge in [0, 0.05) is 23.2 Å². The van der Waals surface area contributed by atoms with Crippen LogP contribution in [0, 0.1) is 12.3 Å². The van der Waals surface area contributed by atoms with Crippen LogP contribution in [0.25, 0.3) is 0 Å². The number of oxime groups is 1. The van der Waals surface area contributed by atoms with Gasteiger partial charge >= 0.3 is 0 Å². The lowest BCUT2D eigenvalue weighted by molar-refractivity contribution is 0.0993. The molecule has 0 saturated heterocycles. The van der Waals surface area contributed by atoms with Crippen molar-refractivity contribution in [1.82, 2.24) is 0 Å². The van der Waals surface area contributed by atoms with Crippen LogP contribution in [0.1, 0.15) is 67.5 Å². The topological polar surface area (TPSA) is 84.1 Å². The summed E-state index contributed by atoms with van der Waals surface area (Å²) in [5.41, 5.74) is 2.61. The largest absolute Gasteiger partial charge is 0.494 e. The maximum absolute atomic E-state index is 12.8. The number of rotatable bonds is 6. The zero-order valence-corrected chi connectivity index (χ0v) is 17.0. The highest BCUT2D eigenvalue weighted by Crippen LogP contribution is 2.39. The molecule has 1 aliphatic rings. The van der Waals surface area contributed by atoms with Crippen LogP contribution in [0.2, 0.25) is 0 Å². The molecule has 1 amide bonds. The molecular weight excluding hydrogens is 356 g/mol. The molecule has 2 N–H and O–H groups in total. The first kappa shape index (κ1) is 20.0. The molecule has 0 radical (unpaired) electrons. The zero-order valence-electron chi connectivity index (χ0n) is 17.0. The summed E-state index contributed by atoms with van der Waals surface area (Å²) in [5.74, 6) is 1.42. The SMILES string of the molecule is CCCCOc1ccc(NC(=O)c2oc3c(c2C)/C(=N\O)CC(C)(C)C3)cc1. The number of unbranched alkanes of at least 4 members (excludes halogenated alkanes) is 1. The summed E-state index contributed by atoms with van der Waals surface area (Å²) in [4.78, 5) is 12.8. The van der Waals surface area contributed by atoms with Crippen molar-refractivity contribution in [3.05, 3.63) is 46.9 Å². The summed E-state index contributed by atoms with van der Waals surface area (Å²) in [6.45, 7) is 8.80. The summed E-state index contributed by atoms with van der Waals surface area (Å²) in [7, 11) is 0. The molecule has 0 aliphatic heterocycles. The molecule has 150 valence electrons. The van der Waals surface area contributed by atoms with Crippen molar-refractivity contribution < 1.29 is 19.2 Å². The third-order valence-electron chi connectivity index (χ3n) is 5.00. The Hall–Kier alpha value is -2.76. The monoisotopic (exact) mass is 384 g/mol. The number of hydrogen-bond donors (Lipinski definition) is 2. The Bertz CT molecular complexity index is 879. The standard InChI is InChI=1S/C22H28N2O4/c1-5-6-11-27-16-9-7-15(8-10-16)23-21(25)20-14(2)19-17(24-26)12-22(3,4)13-18(19)28-20/h7-10,26H,5-6,11-13H2,1-4H3,(H,23,25)/b24-17-. The van der Waals surface area contributed by atoms with Crippen molar-refractivity contribution in [2.24, 2.45) is 10.6 Å². The van der Waals surface area contributed by atoms with Crippen LogP contribution in [-0.4, -0.2) is 23.4 Å². The van der Waals surface area contributed by atoms with E-state index in [9.17, 15) is 10.0 Å². The molecule has 0 spiro atoms. The number of hydrogen-bond acceptors (Lipinski definition) is 5. The highest BCUT2D eigenvalue weighted by atomic mass is 16.5. The first-order valence-electron chi connectivity index (χ1n) is 9.72. The van der Waals surface area contributed by atoms with Crippen molar-refractivity contribution in [2.75, 3.05) is 11.9 Å². The van der Waals surface area contributed by atoms with Gasteiger partial charge in [-0.2, -0.15) is 0 Å². The van der Waals surface area contributed by atoms with Gasteiger partial charge in [-0.05, 0) is 49.4 Å². The second-order valence-electron chi connectivity index (χ2n) is 8.10. The molecular formula is C22H28N2O4. The van der Waals surface area contributed by atoms with Crippen LogP contribution in [0.5, 0.6) is 5.75 Å². The second kappa shape index (κ2) is 8.09. The van der Waals surface area contributed by atoms with E-state index < -0.39 is 0 Å². The summed E-state index contributed by atoms with van der Waals surface area (Å²) >= 11 is 0. The Morgan fingerprint density at radius 2 is 2.00 bits per heavy atom. The first-order valence-corrected chi connectivity index (χ1v) is 9.72. The maximum Gasteiger partial charge on any atom is 0.291 e. The Kier molecular flexibility index (Phi) is 5.77. The van der Waals surface area contributed by atoms with E-state index in [1.807, 2.05) is 19.1 Å². The molecule has 6 heteroatoms. The predicted molar refractivity (Wildman–Crippen MR) is 109 cm³/mol. The number of benzene rings is 1. The number of nitrogens with zero attached hydrogens (tertiary/aromatic N) is 1. The van der Waals surface area contributed by atoms with Gasteiger partial charge in [0.1, 0.15) is 11.5 Å². The quantitative estimate of drug-likeness (QED) is 0.409. The van der Waals surface area contributed by atoms with Gasteiger partial charge in [0.15, 0.2) is 5.76 Å². The fourth-order valence-electron chi connectivity index (χ4n) is 3.57. The molecule has 0 atom stereocenters. The Labute approximate surface area is 165 Å². The summed E-state index contributed by atoms with van der Waals surface area (Å²) < 4.78 is 11.5. The average Bonchev–Trinajstić information content (AvgIpc) is 2.98. The van der Waals surface area contributed by atoms with Crippen molar-refractivity contribution in [3.8, 4) is 5.75 Å². The van der Waals surface area contributed by atoms with Gasteiger partial charge in [-0.3, -0.25) is 4.79 Å². The third-order valence-corrected chi connectivity index (χ3v) is 5.00. The van der Waals surface area contributed by atoms with Crippen LogP contribution in [0.15, 0.2) is 33.8 Å². The summed E-state index contributed by atoms with van der Waals surface area (Å²) in [6.07, 6.45) is 3.42.